The molecule has 0 saturated carbocycles. The molecule has 0 aliphatic carbocycles. The molecule has 0 radical (unpaired) electrons. The van der Waals surface area contributed by atoms with Crippen LogP contribution < -0.4 is 0 Å². The van der Waals surface area contributed by atoms with E-state index in [1.165, 1.54) is 0 Å². The molecule has 0 bridgehead atoms. The lowest BCUT2D eigenvalue weighted by atomic mass is 9.95. The minimum atomic E-state index is -1.91. The number of hydrogen-bond donors (Lipinski definition) is 0. The van der Waals surface area contributed by atoms with E-state index in [0.717, 1.165) is 55.6 Å². The Morgan fingerprint density at radius 1 is 0.478 bits per heavy atom. The van der Waals surface area contributed by atoms with E-state index in [-0.39, 0.29) is 0 Å². The topological polar surface area (TPSA) is 238 Å². The molecule has 0 aromatic rings. The molecule has 2 heterocycles. The number of rotatable bonds is 11. The largest absolute Gasteiger partial charge is 0.467 e. The van der Waals surface area contributed by atoms with Gasteiger partial charge in [-0.15, -0.1) is 0 Å². The molecule has 0 aromatic heterocycles. The zero-order chi connectivity index (χ0) is 34.9. The minimum absolute atomic E-state index is 0.618. The lowest BCUT2D eigenvalue weighted by Crippen LogP contribution is -2.68. The molecule has 2 aliphatic rings. The van der Waals surface area contributed by atoms with Crippen LogP contribution in [-0.4, -0.2) is 123 Å². The summed E-state index contributed by atoms with van der Waals surface area (Å²) in [6.45, 7) is 6.38. The van der Waals surface area contributed by atoms with Crippen LogP contribution in [0.15, 0.2) is 0 Å². The van der Waals surface area contributed by atoms with E-state index < -0.39 is 116 Å². The monoisotopic (exact) mass is 664 g/mol. The third-order valence-corrected chi connectivity index (χ3v) is 6.05. The molecule has 2 aliphatic heterocycles. The molecule has 19 nitrogen and oxygen atoms in total. The fraction of sp³-hybridized carbons (Fsp3) is 0.704. The highest BCUT2D eigenvalue weighted by molar-refractivity contribution is 5.77. The first kappa shape index (κ1) is 37.8. The molecule has 46 heavy (non-hydrogen) atoms. The van der Waals surface area contributed by atoms with Gasteiger partial charge < -0.3 is 52.1 Å². The number of hydrogen-bond acceptors (Lipinski definition) is 19. The molecular formula is C27H36O19. The van der Waals surface area contributed by atoms with Gasteiger partial charge in [0.05, 0.1) is 7.11 Å². The number of esters is 8. The molecule has 258 valence electrons. The number of ether oxygens (including phenoxy) is 11. The summed E-state index contributed by atoms with van der Waals surface area (Å²) < 4.78 is 59.2. The first-order valence-corrected chi connectivity index (χ1v) is 13.7. The van der Waals surface area contributed by atoms with Crippen molar-refractivity contribution in [3.63, 3.8) is 0 Å². The van der Waals surface area contributed by atoms with Crippen LogP contribution in [-0.2, 0) is 90.5 Å². The number of methoxy groups -OCH3 is 1. The third kappa shape index (κ3) is 10.6. The van der Waals surface area contributed by atoms with Crippen molar-refractivity contribution in [1.29, 1.82) is 0 Å². The number of carbonyl (C=O) groups is 8. The fourth-order valence-corrected chi connectivity index (χ4v) is 4.62. The minimum Gasteiger partial charge on any atom is -0.467 e. The van der Waals surface area contributed by atoms with E-state index in [2.05, 4.69) is 0 Å². The van der Waals surface area contributed by atoms with E-state index in [1.54, 1.807) is 0 Å². The van der Waals surface area contributed by atoms with Crippen molar-refractivity contribution in [2.75, 3.05) is 13.7 Å². The van der Waals surface area contributed by atoms with Crippen molar-refractivity contribution in [3.8, 4) is 0 Å². The van der Waals surface area contributed by atoms with Gasteiger partial charge in [0.25, 0.3) is 0 Å². The highest BCUT2D eigenvalue weighted by Gasteiger charge is 2.59. The van der Waals surface area contributed by atoms with Crippen molar-refractivity contribution in [3.05, 3.63) is 0 Å². The summed E-state index contributed by atoms with van der Waals surface area (Å²) in [5.74, 6) is -7.63. The molecule has 0 aromatic carbocycles. The third-order valence-electron chi connectivity index (χ3n) is 6.05. The second-order valence-corrected chi connectivity index (χ2v) is 9.87. The van der Waals surface area contributed by atoms with Gasteiger partial charge in [-0.05, 0) is 0 Å². The average Bonchev–Trinajstić information content (AvgIpc) is 2.91. The highest BCUT2D eigenvalue weighted by atomic mass is 16.8. The maximum absolute atomic E-state index is 12.8. The summed E-state index contributed by atoms with van der Waals surface area (Å²) in [7, 11) is 0.977. The Bertz CT molecular complexity index is 1180. The van der Waals surface area contributed by atoms with Crippen LogP contribution >= 0.6 is 0 Å². The maximum atomic E-state index is 12.8. The van der Waals surface area contributed by atoms with Crippen molar-refractivity contribution in [1.82, 2.24) is 0 Å². The first-order chi connectivity index (χ1) is 21.4. The van der Waals surface area contributed by atoms with Crippen LogP contribution in [0, 0.1) is 0 Å². The van der Waals surface area contributed by atoms with Crippen LogP contribution in [0.2, 0.25) is 0 Å². The molecule has 2 fully saturated rings. The molecule has 0 N–H and O–H groups in total. The van der Waals surface area contributed by atoms with Crippen LogP contribution in [0.4, 0.5) is 0 Å². The molecule has 19 heteroatoms. The van der Waals surface area contributed by atoms with Crippen molar-refractivity contribution in [2.24, 2.45) is 0 Å². The Hall–Kier alpha value is -4.36. The van der Waals surface area contributed by atoms with Gasteiger partial charge in [-0.1, -0.05) is 0 Å². The van der Waals surface area contributed by atoms with Gasteiger partial charge in [-0.25, -0.2) is 4.79 Å². The van der Waals surface area contributed by atoms with E-state index in [1.807, 2.05) is 0 Å². The van der Waals surface area contributed by atoms with Gasteiger partial charge in [0.2, 0.25) is 6.29 Å². The van der Waals surface area contributed by atoms with Gasteiger partial charge in [-0.2, -0.15) is 0 Å². The molecule has 0 amide bonds. The SMILES string of the molecule is COC(=O)C1OC(OC(C)=O)C(OC(C)=O)C(OC2OC(COC(C)=O)C(OC(C)=O)C(OC(C)=O)C2OC(C)=O)C1OC(C)=O. The van der Waals surface area contributed by atoms with Crippen LogP contribution in [0.3, 0.4) is 0 Å². The Morgan fingerprint density at radius 2 is 0.913 bits per heavy atom. The Balaban J connectivity index is 2.78. The molecule has 0 spiro atoms. The van der Waals surface area contributed by atoms with E-state index in [9.17, 15) is 38.4 Å². The van der Waals surface area contributed by atoms with Crippen LogP contribution in [0.5, 0.6) is 0 Å². The molecule has 2 saturated heterocycles. The second-order valence-electron chi connectivity index (χ2n) is 9.87. The smallest absolute Gasteiger partial charge is 0.339 e. The standard InChI is InChI=1S/C27H36O19/c1-10(28)37-9-17-18(38-11(2)29)19(39-12(3)30)23(41-14(5)32)27(44-17)45-21-20(40-13(4)31)22(25(35)36-8)46-26(43-16(7)34)24(21)42-15(6)33/h17-24,26-27H,9H2,1-8H3. The average molecular weight is 665 g/mol. The van der Waals surface area contributed by atoms with E-state index >= 15 is 0 Å². The van der Waals surface area contributed by atoms with Gasteiger partial charge in [0.1, 0.15) is 18.8 Å². The Labute approximate surface area is 262 Å². The summed E-state index contributed by atoms with van der Waals surface area (Å²) in [6, 6.07) is 0. The van der Waals surface area contributed by atoms with Crippen LogP contribution in [0.1, 0.15) is 48.5 Å². The maximum Gasteiger partial charge on any atom is 0.339 e. The molecular weight excluding hydrogens is 628 g/mol. The summed E-state index contributed by atoms with van der Waals surface area (Å²) in [4.78, 5) is 97.3. The fourth-order valence-electron chi connectivity index (χ4n) is 4.62. The lowest BCUT2D eigenvalue weighted by molar-refractivity contribution is -0.355. The van der Waals surface area contributed by atoms with Gasteiger partial charge in [0.15, 0.2) is 42.9 Å². The second kappa shape index (κ2) is 16.8. The normalized spacial score (nSPS) is 30.4. The summed E-state index contributed by atoms with van der Waals surface area (Å²) in [5, 5.41) is 0. The van der Waals surface area contributed by atoms with Crippen molar-refractivity contribution in [2.45, 2.75) is 110 Å². The van der Waals surface area contributed by atoms with Gasteiger partial charge in [-0.3, -0.25) is 33.6 Å². The van der Waals surface area contributed by atoms with Crippen molar-refractivity contribution >= 4 is 47.8 Å². The summed E-state index contributed by atoms with van der Waals surface area (Å²) >= 11 is 0. The Kier molecular flexibility index (Phi) is 13.8. The van der Waals surface area contributed by atoms with E-state index in [0.29, 0.717) is 0 Å². The number of carbonyl (C=O) groups excluding carboxylic acids is 8. The highest BCUT2D eigenvalue weighted by Crippen LogP contribution is 2.35. The quantitative estimate of drug-likeness (QED) is 0.186. The summed E-state index contributed by atoms with van der Waals surface area (Å²) in [6.07, 6.45) is -17.5. The first-order valence-electron chi connectivity index (χ1n) is 13.7. The molecule has 10 unspecified atom stereocenters. The predicted octanol–water partition coefficient (Wildman–Crippen LogP) is -1.22. The summed E-state index contributed by atoms with van der Waals surface area (Å²) in [5.41, 5.74) is 0. The predicted molar refractivity (Wildman–Crippen MR) is 140 cm³/mol. The van der Waals surface area contributed by atoms with Gasteiger partial charge >= 0.3 is 47.8 Å². The Morgan fingerprint density at radius 3 is 1.37 bits per heavy atom. The van der Waals surface area contributed by atoms with Crippen molar-refractivity contribution < 1.29 is 90.5 Å². The lowest BCUT2D eigenvalue weighted by Gasteiger charge is -2.48. The zero-order valence-electron chi connectivity index (χ0n) is 26.2. The zero-order valence-corrected chi connectivity index (χ0v) is 26.2. The van der Waals surface area contributed by atoms with Crippen LogP contribution in [0.25, 0.3) is 0 Å². The molecule has 10 atom stereocenters. The van der Waals surface area contributed by atoms with E-state index in [4.69, 9.17) is 52.1 Å². The molecule has 2 rings (SSSR count). The van der Waals surface area contributed by atoms with Gasteiger partial charge in [0, 0.05) is 48.5 Å².